The molecule has 0 aliphatic carbocycles. The van der Waals surface area contributed by atoms with Crippen LogP contribution in [0.2, 0.25) is 0 Å². The molecule has 0 spiro atoms. The molecule has 0 aliphatic heterocycles. The van der Waals surface area contributed by atoms with Crippen LogP contribution < -0.4 is 10.1 Å². The molecule has 1 unspecified atom stereocenters. The van der Waals surface area contributed by atoms with Gasteiger partial charge in [-0.05, 0) is 36.6 Å². The summed E-state index contributed by atoms with van der Waals surface area (Å²) < 4.78 is 18.3. The molecule has 1 amide bonds. The minimum absolute atomic E-state index is 0.0199. The molecule has 112 valence electrons. The van der Waals surface area contributed by atoms with E-state index in [0.29, 0.717) is 0 Å². The van der Waals surface area contributed by atoms with E-state index in [1.165, 1.54) is 30.6 Å². The molecule has 0 fully saturated rings. The van der Waals surface area contributed by atoms with Crippen molar-refractivity contribution in [3.63, 3.8) is 0 Å². The van der Waals surface area contributed by atoms with E-state index < -0.39 is 17.3 Å². The monoisotopic (exact) mass is 309 g/mol. The number of hydrogen-bond acceptors (Lipinski definition) is 4. The zero-order chi connectivity index (χ0) is 15.5. The Bertz CT molecular complexity index is 626. The molecule has 2 aromatic rings. The maximum absolute atomic E-state index is 13.3. The van der Waals surface area contributed by atoms with Crippen LogP contribution in [0.5, 0.6) is 5.75 Å². The lowest BCUT2D eigenvalue weighted by molar-refractivity contribution is 0.0555. The van der Waals surface area contributed by atoms with Crippen LogP contribution in [0.1, 0.15) is 22.2 Å². The number of benzene rings is 1. The highest BCUT2D eigenvalue weighted by molar-refractivity contribution is 7.10. The second kappa shape index (κ2) is 6.24. The van der Waals surface area contributed by atoms with Crippen LogP contribution in [-0.2, 0) is 5.60 Å². The quantitative estimate of drug-likeness (QED) is 0.892. The number of nitrogens with one attached hydrogen (secondary N) is 1. The fourth-order valence-electron chi connectivity index (χ4n) is 1.88. The van der Waals surface area contributed by atoms with Crippen molar-refractivity contribution in [3.05, 3.63) is 52.0 Å². The molecule has 0 aliphatic rings. The number of rotatable bonds is 5. The SMILES string of the molecule is COc1ccc(F)cc1C(=O)NCC(C)(O)c1cccs1. The number of methoxy groups -OCH3 is 1. The molecule has 1 aromatic carbocycles. The van der Waals surface area contributed by atoms with Crippen LogP contribution in [-0.4, -0.2) is 24.7 Å². The summed E-state index contributed by atoms with van der Waals surface area (Å²) in [4.78, 5) is 12.9. The second-order valence-electron chi connectivity index (χ2n) is 4.78. The first-order valence-corrected chi connectivity index (χ1v) is 7.20. The predicted octanol–water partition coefficient (Wildman–Crippen LogP) is 2.53. The Kier molecular flexibility index (Phi) is 4.59. The van der Waals surface area contributed by atoms with Gasteiger partial charge in [-0.3, -0.25) is 4.79 Å². The first-order chi connectivity index (χ1) is 9.94. The Morgan fingerprint density at radius 3 is 2.86 bits per heavy atom. The average molecular weight is 309 g/mol. The molecule has 0 saturated carbocycles. The smallest absolute Gasteiger partial charge is 0.255 e. The molecule has 2 rings (SSSR count). The highest BCUT2D eigenvalue weighted by Crippen LogP contribution is 2.25. The number of aliphatic hydroxyl groups is 1. The number of carbonyl (C=O) groups excluding carboxylic acids is 1. The molecular weight excluding hydrogens is 293 g/mol. The molecule has 1 aromatic heterocycles. The van der Waals surface area contributed by atoms with Gasteiger partial charge in [0.15, 0.2) is 0 Å². The zero-order valence-electron chi connectivity index (χ0n) is 11.7. The normalized spacial score (nSPS) is 13.5. The predicted molar refractivity (Wildman–Crippen MR) is 79.2 cm³/mol. The van der Waals surface area contributed by atoms with Crippen LogP contribution >= 0.6 is 11.3 Å². The van der Waals surface area contributed by atoms with Crippen molar-refractivity contribution in [2.45, 2.75) is 12.5 Å². The third-order valence-corrected chi connectivity index (χ3v) is 4.17. The summed E-state index contributed by atoms with van der Waals surface area (Å²) in [6.07, 6.45) is 0. The van der Waals surface area contributed by atoms with Gasteiger partial charge in [-0.25, -0.2) is 4.39 Å². The van der Waals surface area contributed by atoms with Crippen molar-refractivity contribution in [2.75, 3.05) is 13.7 Å². The zero-order valence-corrected chi connectivity index (χ0v) is 12.5. The summed E-state index contributed by atoms with van der Waals surface area (Å²) >= 11 is 1.40. The fourth-order valence-corrected chi connectivity index (χ4v) is 2.66. The third kappa shape index (κ3) is 3.59. The number of carbonyl (C=O) groups is 1. The van der Waals surface area contributed by atoms with Crippen LogP contribution in [0.3, 0.4) is 0 Å². The van der Waals surface area contributed by atoms with Crippen LogP contribution in [0.4, 0.5) is 4.39 Å². The van der Waals surface area contributed by atoms with Gasteiger partial charge < -0.3 is 15.2 Å². The highest BCUT2D eigenvalue weighted by Gasteiger charge is 2.25. The summed E-state index contributed by atoms with van der Waals surface area (Å²) in [6.45, 7) is 1.63. The summed E-state index contributed by atoms with van der Waals surface area (Å²) in [5.41, 5.74) is -1.08. The van der Waals surface area contributed by atoms with Gasteiger partial charge in [0.25, 0.3) is 5.91 Å². The van der Waals surface area contributed by atoms with Gasteiger partial charge in [0.05, 0.1) is 19.2 Å². The largest absolute Gasteiger partial charge is 0.496 e. The summed E-state index contributed by atoms with van der Waals surface area (Å²) in [5, 5.41) is 14.8. The average Bonchev–Trinajstić information content (AvgIpc) is 3.00. The Morgan fingerprint density at radius 1 is 1.48 bits per heavy atom. The Hall–Kier alpha value is -1.92. The van der Waals surface area contributed by atoms with E-state index in [0.717, 1.165) is 10.9 Å². The van der Waals surface area contributed by atoms with E-state index >= 15 is 0 Å². The number of hydrogen-bond donors (Lipinski definition) is 2. The Balaban J connectivity index is 2.10. The number of halogens is 1. The third-order valence-electron chi connectivity index (χ3n) is 3.05. The van der Waals surface area contributed by atoms with Crippen LogP contribution in [0, 0.1) is 5.82 Å². The number of thiophene rings is 1. The van der Waals surface area contributed by atoms with E-state index in [9.17, 15) is 14.3 Å². The molecule has 4 nitrogen and oxygen atoms in total. The second-order valence-corrected chi connectivity index (χ2v) is 5.73. The molecule has 0 saturated heterocycles. The van der Waals surface area contributed by atoms with Gasteiger partial charge in [-0.1, -0.05) is 6.07 Å². The molecule has 6 heteroatoms. The van der Waals surface area contributed by atoms with Crippen LogP contribution in [0.25, 0.3) is 0 Å². The first-order valence-electron chi connectivity index (χ1n) is 6.32. The topological polar surface area (TPSA) is 58.6 Å². The minimum atomic E-state index is -1.18. The highest BCUT2D eigenvalue weighted by atomic mass is 32.1. The van der Waals surface area contributed by atoms with Crippen molar-refractivity contribution in [1.29, 1.82) is 0 Å². The molecule has 1 atom stereocenters. The fraction of sp³-hybridized carbons (Fsp3) is 0.267. The van der Waals surface area contributed by atoms with Crippen molar-refractivity contribution in [1.82, 2.24) is 5.32 Å². The van der Waals surface area contributed by atoms with Gasteiger partial charge in [-0.15, -0.1) is 11.3 Å². The van der Waals surface area contributed by atoms with Crippen molar-refractivity contribution >= 4 is 17.2 Å². The molecule has 1 heterocycles. The van der Waals surface area contributed by atoms with Crippen molar-refractivity contribution < 1.29 is 19.0 Å². The van der Waals surface area contributed by atoms with Crippen molar-refractivity contribution in [2.24, 2.45) is 0 Å². The first kappa shape index (κ1) is 15.5. The molecule has 0 radical (unpaired) electrons. The lowest BCUT2D eigenvalue weighted by Gasteiger charge is -2.22. The Morgan fingerprint density at radius 2 is 2.24 bits per heavy atom. The van der Waals surface area contributed by atoms with E-state index in [1.807, 2.05) is 11.4 Å². The van der Waals surface area contributed by atoms with E-state index in [-0.39, 0.29) is 17.9 Å². The summed E-state index contributed by atoms with van der Waals surface area (Å²) in [5.74, 6) is -0.737. The lowest BCUT2D eigenvalue weighted by atomic mass is 10.0. The summed E-state index contributed by atoms with van der Waals surface area (Å²) in [6, 6.07) is 7.33. The number of ether oxygens (including phenoxy) is 1. The van der Waals surface area contributed by atoms with E-state index in [2.05, 4.69) is 5.32 Å². The lowest BCUT2D eigenvalue weighted by Crippen LogP contribution is -2.38. The van der Waals surface area contributed by atoms with E-state index in [1.54, 1.807) is 13.0 Å². The van der Waals surface area contributed by atoms with Crippen molar-refractivity contribution in [3.8, 4) is 5.75 Å². The minimum Gasteiger partial charge on any atom is -0.496 e. The molecule has 2 N–H and O–H groups in total. The van der Waals surface area contributed by atoms with E-state index in [4.69, 9.17) is 4.74 Å². The van der Waals surface area contributed by atoms with Gasteiger partial charge in [-0.2, -0.15) is 0 Å². The number of amides is 1. The van der Waals surface area contributed by atoms with Gasteiger partial charge in [0.1, 0.15) is 17.2 Å². The van der Waals surface area contributed by atoms with Gasteiger partial charge in [0, 0.05) is 4.88 Å². The molecule has 21 heavy (non-hydrogen) atoms. The maximum atomic E-state index is 13.3. The van der Waals surface area contributed by atoms with Gasteiger partial charge in [0.2, 0.25) is 0 Å². The maximum Gasteiger partial charge on any atom is 0.255 e. The Labute approximate surface area is 126 Å². The van der Waals surface area contributed by atoms with Gasteiger partial charge >= 0.3 is 0 Å². The molecule has 0 bridgehead atoms. The molecular formula is C15H16FNO3S. The standard InChI is InChI=1S/C15H16FNO3S/c1-15(19,13-4-3-7-21-13)9-17-14(18)11-8-10(16)5-6-12(11)20-2/h3-8,19H,9H2,1-2H3,(H,17,18). The summed E-state index contributed by atoms with van der Waals surface area (Å²) in [7, 11) is 1.41. The van der Waals surface area contributed by atoms with Crippen LogP contribution in [0.15, 0.2) is 35.7 Å².